The van der Waals surface area contributed by atoms with Crippen LogP contribution in [0.15, 0.2) is 16.0 Å². The third kappa shape index (κ3) is 6.17. The van der Waals surface area contributed by atoms with Gasteiger partial charge in [0.05, 0.1) is 31.1 Å². The second-order valence-electron chi connectivity index (χ2n) is 6.49. The molecule has 1 rings (SSSR count). The summed E-state index contributed by atoms with van der Waals surface area (Å²) in [7, 11) is 2.74. The second-order valence-corrected chi connectivity index (χ2v) is 6.85. The van der Waals surface area contributed by atoms with E-state index in [1.165, 1.54) is 31.0 Å². The molecule has 7 nitrogen and oxygen atoms in total. The van der Waals surface area contributed by atoms with Crippen LogP contribution in [0.5, 0.6) is 0 Å². The molecule has 140 valence electrons. The van der Waals surface area contributed by atoms with Gasteiger partial charge in [-0.15, -0.1) is 0 Å². The van der Waals surface area contributed by atoms with Crippen LogP contribution in [-0.2, 0) is 21.4 Å². The van der Waals surface area contributed by atoms with Crippen LogP contribution >= 0.6 is 11.6 Å². The number of nitrogens with zero attached hydrogens (tertiary/aromatic N) is 2. The number of esters is 1. The predicted octanol–water partition coefficient (Wildman–Crippen LogP) is 2.75. The van der Waals surface area contributed by atoms with Crippen LogP contribution in [0.1, 0.15) is 49.5 Å². The van der Waals surface area contributed by atoms with Gasteiger partial charge in [-0.25, -0.2) is 4.79 Å². The van der Waals surface area contributed by atoms with Gasteiger partial charge in [-0.2, -0.15) is 0 Å². The maximum atomic E-state index is 12.0. The van der Waals surface area contributed by atoms with E-state index in [1.54, 1.807) is 6.92 Å². The Morgan fingerprint density at radius 1 is 1.40 bits per heavy atom. The van der Waals surface area contributed by atoms with Crippen LogP contribution in [0.2, 0.25) is 5.15 Å². The van der Waals surface area contributed by atoms with E-state index in [1.807, 2.05) is 20.8 Å². The summed E-state index contributed by atoms with van der Waals surface area (Å²) in [5.74, 6) is -0.987. The quantitative estimate of drug-likeness (QED) is 0.242. The fraction of sp³-hybridized carbons (Fsp3) is 0.588. The highest BCUT2D eigenvalue weighted by Gasteiger charge is 2.22. The molecular weight excluding hydrogens is 348 g/mol. The molecule has 1 aromatic rings. The lowest BCUT2D eigenvalue weighted by Crippen LogP contribution is -2.23. The Morgan fingerprint density at radius 3 is 2.60 bits per heavy atom. The number of rotatable bonds is 7. The lowest BCUT2D eigenvalue weighted by atomic mass is 9.98. The Bertz CT molecular complexity index is 692. The number of pyridine rings is 1. The second kappa shape index (κ2) is 9.01. The molecule has 0 aromatic carbocycles. The van der Waals surface area contributed by atoms with Crippen molar-refractivity contribution >= 4 is 23.8 Å². The number of oxime groups is 1. The molecule has 25 heavy (non-hydrogen) atoms. The molecule has 8 heteroatoms. The molecular formula is C17H25ClN2O5. The average Bonchev–Trinajstić information content (AvgIpc) is 2.53. The molecule has 0 spiro atoms. The number of carbonyl (C=O) groups is 1. The molecule has 0 aliphatic carbocycles. The summed E-state index contributed by atoms with van der Waals surface area (Å²) in [6.07, 6.45) is 1.49. The summed E-state index contributed by atoms with van der Waals surface area (Å²) in [6.45, 7) is 8.32. The zero-order valence-electron chi connectivity index (χ0n) is 15.5. The number of methoxy groups -OCH3 is 1. The minimum absolute atomic E-state index is 0.0223. The minimum atomic E-state index is -0.615. The number of ether oxygens (including phenoxy) is 2. The van der Waals surface area contributed by atoms with Crippen molar-refractivity contribution < 1.29 is 19.1 Å². The van der Waals surface area contributed by atoms with Gasteiger partial charge >= 0.3 is 5.97 Å². The zero-order valence-corrected chi connectivity index (χ0v) is 16.2. The summed E-state index contributed by atoms with van der Waals surface area (Å²) in [6, 6.07) is 1.34. The molecule has 0 radical (unpaired) electrons. The number of aromatic nitrogens is 1. The molecule has 0 aliphatic heterocycles. The lowest BCUT2D eigenvalue weighted by molar-refractivity contribution is -0.0339. The highest BCUT2D eigenvalue weighted by molar-refractivity contribution is 6.32. The molecule has 1 unspecified atom stereocenters. The van der Waals surface area contributed by atoms with E-state index in [4.69, 9.17) is 25.9 Å². The van der Waals surface area contributed by atoms with Gasteiger partial charge in [0.2, 0.25) is 0 Å². The number of halogens is 1. The monoisotopic (exact) mass is 372 g/mol. The van der Waals surface area contributed by atoms with Gasteiger partial charge in [-0.05, 0) is 26.3 Å². The molecule has 1 heterocycles. The summed E-state index contributed by atoms with van der Waals surface area (Å²) < 4.78 is 11.5. The van der Waals surface area contributed by atoms with E-state index in [0.717, 1.165) is 0 Å². The largest absolute Gasteiger partial charge is 0.465 e. The summed E-state index contributed by atoms with van der Waals surface area (Å²) in [5.41, 5.74) is 0.00306. The summed E-state index contributed by atoms with van der Waals surface area (Å²) >= 11 is 6.14. The topological polar surface area (TPSA) is 79.1 Å². The fourth-order valence-corrected chi connectivity index (χ4v) is 2.27. The summed E-state index contributed by atoms with van der Waals surface area (Å²) in [4.78, 5) is 29.1. The third-order valence-electron chi connectivity index (χ3n) is 3.35. The molecule has 0 saturated carbocycles. The van der Waals surface area contributed by atoms with E-state index in [2.05, 4.69) is 5.16 Å². The van der Waals surface area contributed by atoms with Crippen molar-refractivity contribution in [2.45, 2.75) is 39.2 Å². The van der Waals surface area contributed by atoms with Gasteiger partial charge in [0.25, 0.3) is 5.56 Å². The normalized spacial score (nSPS) is 13.1. The van der Waals surface area contributed by atoms with Gasteiger partial charge in [-0.3, -0.25) is 4.79 Å². The molecule has 0 aliphatic rings. The molecule has 1 aromatic heterocycles. The fourth-order valence-electron chi connectivity index (χ4n) is 2.00. The van der Waals surface area contributed by atoms with E-state index in [-0.39, 0.29) is 27.8 Å². The van der Waals surface area contributed by atoms with Gasteiger partial charge < -0.3 is 18.9 Å². The maximum Gasteiger partial charge on any atom is 0.341 e. The number of hydrogen-bond donors (Lipinski definition) is 0. The zero-order chi connectivity index (χ0) is 19.2. The van der Waals surface area contributed by atoms with Crippen molar-refractivity contribution in [1.29, 1.82) is 0 Å². The molecule has 0 saturated heterocycles. The SMILES string of the molecule is COC(=O)c1c(C(C)C=NOCCOC(C)(C)C)cc(=O)n(C)c1Cl. The minimum Gasteiger partial charge on any atom is -0.465 e. The van der Waals surface area contributed by atoms with Crippen LogP contribution in [-0.4, -0.2) is 42.7 Å². The van der Waals surface area contributed by atoms with Crippen molar-refractivity contribution in [3.8, 4) is 0 Å². The van der Waals surface area contributed by atoms with E-state index in [9.17, 15) is 9.59 Å². The van der Waals surface area contributed by atoms with Gasteiger partial charge in [0, 0.05) is 19.0 Å². The Morgan fingerprint density at radius 2 is 2.04 bits per heavy atom. The number of carbonyl (C=O) groups excluding carboxylic acids is 1. The maximum absolute atomic E-state index is 12.0. The van der Waals surface area contributed by atoms with E-state index >= 15 is 0 Å². The molecule has 0 fully saturated rings. The van der Waals surface area contributed by atoms with Crippen LogP contribution in [0.25, 0.3) is 0 Å². The molecule has 0 N–H and O–H groups in total. The van der Waals surface area contributed by atoms with Gasteiger partial charge in [0.1, 0.15) is 11.8 Å². The van der Waals surface area contributed by atoms with Crippen LogP contribution in [0.3, 0.4) is 0 Å². The van der Waals surface area contributed by atoms with Gasteiger partial charge in [-0.1, -0.05) is 23.7 Å². The smallest absolute Gasteiger partial charge is 0.341 e. The highest BCUT2D eigenvalue weighted by Crippen LogP contribution is 2.24. The first-order valence-corrected chi connectivity index (χ1v) is 8.23. The average molecular weight is 373 g/mol. The Balaban J connectivity index is 2.87. The van der Waals surface area contributed by atoms with Gasteiger partial charge in [0.15, 0.2) is 0 Å². The molecule has 0 bridgehead atoms. The van der Waals surface area contributed by atoms with Crippen molar-refractivity contribution in [3.05, 3.63) is 32.7 Å². The first kappa shape index (κ1) is 21.2. The van der Waals surface area contributed by atoms with Crippen molar-refractivity contribution in [2.75, 3.05) is 20.3 Å². The first-order chi connectivity index (χ1) is 11.6. The Kier molecular flexibility index (Phi) is 7.63. The van der Waals surface area contributed by atoms with Crippen molar-refractivity contribution in [2.24, 2.45) is 12.2 Å². The van der Waals surface area contributed by atoms with Crippen LogP contribution < -0.4 is 5.56 Å². The Hall–Kier alpha value is -1.86. The van der Waals surface area contributed by atoms with E-state index in [0.29, 0.717) is 18.8 Å². The summed E-state index contributed by atoms with van der Waals surface area (Å²) in [5, 5.41) is 3.89. The molecule has 0 amide bonds. The standard InChI is InChI=1S/C17H25ClN2O5/c1-11(10-19-25-8-7-24-17(2,3)4)12-9-13(21)20(5)15(18)14(12)16(22)23-6/h9-11H,7-8H2,1-6H3. The van der Waals surface area contributed by atoms with Crippen molar-refractivity contribution in [3.63, 3.8) is 0 Å². The predicted molar refractivity (Wildman–Crippen MR) is 96.6 cm³/mol. The molecule has 1 atom stereocenters. The number of hydrogen-bond acceptors (Lipinski definition) is 6. The van der Waals surface area contributed by atoms with Crippen molar-refractivity contribution in [1.82, 2.24) is 4.57 Å². The lowest BCUT2D eigenvalue weighted by Gasteiger charge is -2.18. The van der Waals surface area contributed by atoms with Crippen LogP contribution in [0.4, 0.5) is 0 Å². The first-order valence-electron chi connectivity index (χ1n) is 7.85. The van der Waals surface area contributed by atoms with E-state index < -0.39 is 5.97 Å². The Labute approximate surface area is 152 Å². The highest BCUT2D eigenvalue weighted by atomic mass is 35.5. The third-order valence-corrected chi connectivity index (χ3v) is 3.79. The van der Waals surface area contributed by atoms with Crippen LogP contribution in [0, 0.1) is 0 Å².